The fourth-order valence-corrected chi connectivity index (χ4v) is 3.11. The fraction of sp³-hybridized carbons (Fsp3) is 0.188. The summed E-state index contributed by atoms with van der Waals surface area (Å²) in [5.41, 5.74) is 2.25. The molecule has 0 spiro atoms. The Bertz CT molecular complexity index is 776. The zero-order chi connectivity index (χ0) is 16.1. The maximum absolute atomic E-state index is 6.00. The van der Waals surface area contributed by atoms with Crippen LogP contribution in [0.2, 0.25) is 5.02 Å². The van der Waals surface area contributed by atoms with Crippen LogP contribution in [-0.2, 0) is 12.3 Å². The molecule has 0 unspecified atom stereocenters. The molecule has 1 heterocycles. The molecular weight excluding hydrogens is 332 g/mol. The second-order valence-electron chi connectivity index (χ2n) is 4.89. The molecule has 0 aliphatic rings. The molecule has 0 saturated heterocycles. The fourth-order valence-electron chi connectivity index (χ4n) is 2.08. The Balaban J connectivity index is 1.66. The van der Waals surface area contributed by atoms with E-state index in [-0.39, 0.29) is 0 Å². The van der Waals surface area contributed by atoms with Crippen LogP contribution in [0.5, 0.6) is 5.75 Å². The largest absolute Gasteiger partial charge is 0.497 e. The van der Waals surface area contributed by atoms with Gasteiger partial charge in [-0.05, 0) is 45.8 Å². The summed E-state index contributed by atoms with van der Waals surface area (Å²) in [5, 5.41) is 13.4. The summed E-state index contributed by atoms with van der Waals surface area (Å²) < 4.78 is 6.95. The normalized spacial score (nSPS) is 10.7. The predicted molar refractivity (Wildman–Crippen MR) is 90.9 cm³/mol. The van der Waals surface area contributed by atoms with Crippen molar-refractivity contribution < 1.29 is 4.74 Å². The number of benzene rings is 2. The number of tetrazole rings is 1. The zero-order valence-corrected chi connectivity index (χ0v) is 14.1. The summed E-state index contributed by atoms with van der Waals surface area (Å²) in [6.07, 6.45) is 0. The molecule has 0 bridgehead atoms. The summed E-state index contributed by atoms with van der Waals surface area (Å²) >= 11 is 7.59. The highest BCUT2D eigenvalue weighted by Gasteiger charge is 2.08. The van der Waals surface area contributed by atoms with Crippen molar-refractivity contribution in [3.05, 3.63) is 64.7 Å². The molecule has 3 aromatic rings. The summed E-state index contributed by atoms with van der Waals surface area (Å²) in [6, 6.07) is 15.7. The Morgan fingerprint density at radius 3 is 2.70 bits per heavy atom. The summed E-state index contributed by atoms with van der Waals surface area (Å²) in [7, 11) is 1.65. The Morgan fingerprint density at radius 1 is 1.13 bits per heavy atom. The molecule has 0 aliphatic carbocycles. The molecule has 0 N–H and O–H groups in total. The molecule has 0 radical (unpaired) electrons. The number of rotatable bonds is 6. The van der Waals surface area contributed by atoms with Crippen molar-refractivity contribution in [3.8, 4) is 5.75 Å². The van der Waals surface area contributed by atoms with Crippen LogP contribution in [0.1, 0.15) is 11.1 Å². The van der Waals surface area contributed by atoms with Crippen molar-refractivity contribution in [3.63, 3.8) is 0 Å². The van der Waals surface area contributed by atoms with E-state index in [1.54, 1.807) is 23.6 Å². The van der Waals surface area contributed by atoms with Crippen LogP contribution in [0.25, 0.3) is 0 Å². The zero-order valence-electron chi connectivity index (χ0n) is 12.5. The molecular formula is C16H15ClN4OS. The van der Waals surface area contributed by atoms with Gasteiger partial charge in [-0.1, -0.05) is 47.6 Å². The van der Waals surface area contributed by atoms with E-state index in [0.717, 1.165) is 32.8 Å². The lowest BCUT2D eigenvalue weighted by atomic mass is 10.2. The molecule has 5 nitrogen and oxygen atoms in total. The molecule has 0 aliphatic heterocycles. The molecule has 0 amide bonds. The first-order valence-corrected chi connectivity index (χ1v) is 8.37. The first kappa shape index (κ1) is 15.8. The maximum Gasteiger partial charge on any atom is 0.209 e. The highest BCUT2D eigenvalue weighted by atomic mass is 35.5. The number of nitrogens with zero attached hydrogens (tertiary/aromatic N) is 4. The number of hydrogen-bond acceptors (Lipinski definition) is 5. The van der Waals surface area contributed by atoms with Crippen molar-refractivity contribution in [2.45, 2.75) is 17.5 Å². The van der Waals surface area contributed by atoms with Gasteiger partial charge in [-0.25, -0.2) is 4.68 Å². The van der Waals surface area contributed by atoms with E-state index in [4.69, 9.17) is 16.3 Å². The van der Waals surface area contributed by atoms with Gasteiger partial charge in [-0.3, -0.25) is 0 Å². The van der Waals surface area contributed by atoms with Crippen LogP contribution >= 0.6 is 23.4 Å². The minimum absolute atomic E-state index is 0.620. The number of aromatic nitrogens is 4. The molecule has 1 aromatic heterocycles. The van der Waals surface area contributed by atoms with Gasteiger partial charge in [0.25, 0.3) is 0 Å². The van der Waals surface area contributed by atoms with E-state index in [9.17, 15) is 0 Å². The molecule has 3 rings (SSSR count). The first-order chi connectivity index (χ1) is 11.2. The van der Waals surface area contributed by atoms with Crippen molar-refractivity contribution in [2.24, 2.45) is 0 Å². The Hall–Kier alpha value is -2.05. The van der Waals surface area contributed by atoms with Crippen LogP contribution in [0.4, 0.5) is 0 Å². The minimum Gasteiger partial charge on any atom is -0.497 e. The molecule has 23 heavy (non-hydrogen) atoms. The SMILES string of the molecule is COc1ccc(Cn2nnnc2SCc2cccc(Cl)c2)cc1. The third kappa shape index (κ3) is 4.24. The molecule has 0 atom stereocenters. The van der Waals surface area contributed by atoms with E-state index in [1.165, 1.54) is 0 Å². The maximum atomic E-state index is 6.00. The average molecular weight is 347 g/mol. The van der Waals surface area contributed by atoms with Crippen LogP contribution < -0.4 is 4.74 Å². The smallest absolute Gasteiger partial charge is 0.209 e. The topological polar surface area (TPSA) is 52.8 Å². The summed E-state index contributed by atoms with van der Waals surface area (Å²) in [6.45, 7) is 0.620. The average Bonchev–Trinajstić information content (AvgIpc) is 3.01. The molecule has 7 heteroatoms. The van der Waals surface area contributed by atoms with Gasteiger partial charge in [0.1, 0.15) is 5.75 Å². The van der Waals surface area contributed by atoms with Crippen LogP contribution in [0.3, 0.4) is 0 Å². The van der Waals surface area contributed by atoms with Gasteiger partial charge in [-0.15, -0.1) is 5.10 Å². The van der Waals surface area contributed by atoms with Gasteiger partial charge in [-0.2, -0.15) is 0 Å². The van der Waals surface area contributed by atoms with Crippen molar-refractivity contribution in [1.82, 2.24) is 20.2 Å². The second kappa shape index (κ2) is 7.48. The van der Waals surface area contributed by atoms with Crippen LogP contribution in [-0.4, -0.2) is 27.3 Å². The number of thioether (sulfide) groups is 1. The second-order valence-corrected chi connectivity index (χ2v) is 6.26. The van der Waals surface area contributed by atoms with E-state index in [2.05, 4.69) is 15.5 Å². The van der Waals surface area contributed by atoms with Gasteiger partial charge >= 0.3 is 0 Å². The van der Waals surface area contributed by atoms with Crippen molar-refractivity contribution >= 4 is 23.4 Å². The van der Waals surface area contributed by atoms with Gasteiger partial charge < -0.3 is 4.74 Å². The van der Waals surface area contributed by atoms with E-state index in [1.807, 2.05) is 48.5 Å². The molecule has 2 aromatic carbocycles. The third-order valence-electron chi connectivity index (χ3n) is 3.25. The quantitative estimate of drug-likeness (QED) is 0.637. The first-order valence-electron chi connectivity index (χ1n) is 7.01. The van der Waals surface area contributed by atoms with E-state index < -0.39 is 0 Å². The van der Waals surface area contributed by atoms with Gasteiger partial charge in [0.2, 0.25) is 5.16 Å². The number of halogens is 1. The lowest BCUT2D eigenvalue weighted by molar-refractivity contribution is 0.414. The highest BCUT2D eigenvalue weighted by molar-refractivity contribution is 7.98. The van der Waals surface area contributed by atoms with Gasteiger partial charge in [0, 0.05) is 10.8 Å². The Labute approximate surface area is 143 Å². The number of methoxy groups -OCH3 is 1. The van der Waals surface area contributed by atoms with Gasteiger partial charge in [0.15, 0.2) is 0 Å². The Morgan fingerprint density at radius 2 is 1.96 bits per heavy atom. The van der Waals surface area contributed by atoms with Crippen LogP contribution in [0, 0.1) is 0 Å². The summed E-state index contributed by atoms with van der Waals surface area (Å²) in [4.78, 5) is 0. The van der Waals surface area contributed by atoms with E-state index >= 15 is 0 Å². The highest BCUT2D eigenvalue weighted by Crippen LogP contribution is 2.22. The third-order valence-corrected chi connectivity index (χ3v) is 4.51. The minimum atomic E-state index is 0.620. The van der Waals surface area contributed by atoms with Crippen molar-refractivity contribution in [1.29, 1.82) is 0 Å². The predicted octanol–water partition coefficient (Wildman–Crippen LogP) is 3.68. The lowest BCUT2D eigenvalue weighted by Crippen LogP contribution is -2.04. The monoisotopic (exact) mass is 346 g/mol. The van der Waals surface area contributed by atoms with Gasteiger partial charge in [0.05, 0.1) is 13.7 Å². The number of ether oxygens (including phenoxy) is 1. The molecule has 0 saturated carbocycles. The van der Waals surface area contributed by atoms with Crippen LogP contribution in [0.15, 0.2) is 53.7 Å². The van der Waals surface area contributed by atoms with E-state index in [0.29, 0.717) is 6.54 Å². The molecule has 118 valence electrons. The van der Waals surface area contributed by atoms with Crippen molar-refractivity contribution in [2.75, 3.05) is 7.11 Å². The number of hydrogen-bond donors (Lipinski definition) is 0. The Kier molecular flexibility index (Phi) is 5.15. The summed E-state index contributed by atoms with van der Waals surface area (Å²) in [5.74, 6) is 1.60. The molecule has 0 fully saturated rings. The lowest BCUT2D eigenvalue weighted by Gasteiger charge is -2.06. The standard InChI is InChI=1S/C16H15ClN4OS/c1-22-15-7-5-12(6-8-15)10-21-16(18-19-20-21)23-11-13-3-2-4-14(17)9-13/h2-9H,10-11H2,1H3.